The third-order valence-corrected chi connectivity index (χ3v) is 4.12. The molecule has 0 saturated heterocycles. The predicted octanol–water partition coefficient (Wildman–Crippen LogP) is 1.30. The topological polar surface area (TPSA) is 68.8 Å². The number of aryl methyl sites for hydroxylation is 1. The first kappa shape index (κ1) is 13.8. The van der Waals surface area contributed by atoms with Gasteiger partial charge in [0.15, 0.2) is 11.6 Å². The minimum absolute atomic E-state index is 0.131. The molecule has 3 heterocycles. The Bertz CT molecular complexity index is 686. The van der Waals surface area contributed by atoms with Gasteiger partial charge in [-0.1, -0.05) is 6.92 Å². The highest BCUT2D eigenvalue weighted by molar-refractivity contribution is 5.82. The van der Waals surface area contributed by atoms with Crippen molar-refractivity contribution in [1.82, 2.24) is 29.4 Å². The Morgan fingerprint density at radius 1 is 1.38 bits per heavy atom. The Hall–Kier alpha value is -2.18. The maximum absolute atomic E-state index is 12.5. The molecule has 1 aliphatic heterocycles. The first-order chi connectivity index (χ1) is 10.0. The van der Waals surface area contributed by atoms with Gasteiger partial charge in [-0.3, -0.25) is 14.0 Å². The van der Waals surface area contributed by atoms with Crippen LogP contribution in [-0.2, 0) is 18.4 Å². The summed E-state index contributed by atoms with van der Waals surface area (Å²) in [5.74, 6) is 1.70. The third-order valence-electron chi connectivity index (χ3n) is 4.12. The van der Waals surface area contributed by atoms with Crippen LogP contribution in [0.15, 0.2) is 6.20 Å². The number of aromatic nitrogens is 5. The lowest BCUT2D eigenvalue weighted by Crippen LogP contribution is -2.42. The summed E-state index contributed by atoms with van der Waals surface area (Å²) in [6.45, 7) is 7.26. The standard InChI is InChI=1S/C14H20N6O/c1-5-6-19-8-12-16-17-13(20(12)10(3)14(19)21)11-7-15-18(4)9(11)2/h7,10H,5-6,8H2,1-4H3/t10-/m1/s1. The van der Waals surface area contributed by atoms with Crippen LogP contribution < -0.4 is 0 Å². The molecule has 2 aromatic heterocycles. The molecule has 1 amide bonds. The Labute approximate surface area is 123 Å². The van der Waals surface area contributed by atoms with Crippen molar-refractivity contribution in [2.75, 3.05) is 6.54 Å². The summed E-state index contributed by atoms with van der Waals surface area (Å²) in [5.41, 5.74) is 1.95. The molecule has 0 aromatic carbocycles. The fraction of sp³-hybridized carbons (Fsp3) is 0.571. The van der Waals surface area contributed by atoms with Crippen LogP contribution in [0.4, 0.5) is 0 Å². The number of hydrogen-bond donors (Lipinski definition) is 0. The lowest BCUT2D eigenvalue weighted by Gasteiger charge is -2.31. The molecular formula is C14H20N6O. The van der Waals surface area contributed by atoms with Crippen molar-refractivity contribution in [3.63, 3.8) is 0 Å². The van der Waals surface area contributed by atoms with Crippen LogP contribution in [0.3, 0.4) is 0 Å². The quantitative estimate of drug-likeness (QED) is 0.853. The average molecular weight is 288 g/mol. The van der Waals surface area contributed by atoms with Crippen LogP contribution in [0.2, 0.25) is 0 Å². The molecule has 21 heavy (non-hydrogen) atoms. The zero-order valence-electron chi connectivity index (χ0n) is 12.9. The molecule has 0 unspecified atom stereocenters. The molecule has 0 aliphatic carbocycles. The van der Waals surface area contributed by atoms with Crippen molar-refractivity contribution in [2.24, 2.45) is 7.05 Å². The van der Waals surface area contributed by atoms with Gasteiger partial charge in [0.05, 0.1) is 18.3 Å². The number of rotatable bonds is 3. The molecule has 0 fully saturated rings. The number of carbonyl (C=O) groups excluding carboxylic acids is 1. The van der Waals surface area contributed by atoms with Crippen molar-refractivity contribution in [3.05, 3.63) is 17.7 Å². The predicted molar refractivity (Wildman–Crippen MR) is 77.4 cm³/mol. The number of amides is 1. The number of carbonyl (C=O) groups is 1. The van der Waals surface area contributed by atoms with E-state index in [2.05, 4.69) is 22.2 Å². The van der Waals surface area contributed by atoms with E-state index in [4.69, 9.17) is 0 Å². The summed E-state index contributed by atoms with van der Waals surface area (Å²) in [6.07, 6.45) is 2.73. The third kappa shape index (κ3) is 2.03. The Morgan fingerprint density at radius 3 is 2.76 bits per heavy atom. The van der Waals surface area contributed by atoms with E-state index in [0.717, 1.165) is 35.9 Å². The lowest BCUT2D eigenvalue weighted by molar-refractivity contribution is -0.136. The highest BCUT2D eigenvalue weighted by Gasteiger charge is 2.33. The molecule has 7 nitrogen and oxygen atoms in total. The molecule has 0 N–H and O–H groups in total. The molecule has 112 valence electrons. The van der Waals surface area contributed by atoms with Crippen LogP contribution in [0.1, 0.15) is 37.8 Å². The average Bonchev–Trinajstić information content (AvgIpc) is 3.01. The van der Waals surface area contributed by atoms with Crippen molar-refractivity contribution < 1.29 is 4.79 Å². The van der Waals surface area contributed by atoms with Crippen molar-refractivity contribution in [3.8, 4) is 11.4 Å². The van der Waals surface area contributed by atoms with Crippen LogP contribution in [0, 0.1) is 6.92 Å². The minimum Gasteiger partial charge on any atom is -0.333 e. The number of hydrogen-bond acceptors (Lipinski definition) is 4. The molecule has 0 spiro atoms. The minimum atomic E-state index is -0.273. The van der Waals surface area contributed by atoms with Gasteiger partial charge >= 0.3 is 0 Å². The fourth-order valence-corrected chi connectivity index (χ4v) is 2.82. The molecule has 1 aliphatic rings. The van der Waals surface area contributed by atoms with Gasteiger partial charge in [-0.15, -0.1) is 10.2 Å². The fourth-order valence-electron chi connectivity index (χ4n) is 2.82. The molecular weight excluding hydrogens is 268 g/mol. The van der Waals surface area contributed by atoms with Gasteiger partial charge in [0.25, 0.3) is 0 Å². The first-order valence-electron chi connectivity index (χ1n) is 7.26. The summed E-state index contributed by atoms with van der Waals surface area (Å²) in [4.78, 5) is 14.3. The normalized spacial score (nSPS) is 18.2. The first-order valence-corrected chi connectivity index (χ1v) is 7.26. The Kier molecular flexibility index (Phi) is 3.27. The molecule has 7 heteroatoms. The maximum atomic E-state index is 12.5. The highest BCUT2D eigenvalue weighted by atomic mass is 16.2. The Balaban J connectivity index is 2.06. The SMILES string of the molecule is CCCN1Cc2nnc(-c3cnn(C)c3C)n2[C@H](C)C1=O. The van der Waals surface area contributed by atoms with Crippen LogP contribution >= 0.6 is 0 Å². The summed E-state index contributed by atoms with van der Waals surface area (Å²) in [6, 6.07) is -0.273. The van der Waals surface area contributed by atoms with E-state index in [9.17, 15) is 4.79 Å². The molecule has 0 bridgehead atoms. The van der Waals surface area contributed by atoms with Gasteiger partial charge in [0, 0.05) is 19.3 Å². The summed E-state index contributed by atoms with van der Waals surface area (Å²) < 4.78 is 3.74. The Morgan fingerprint density at radius 2 is 2.14 bits per heavy atom. The zero-order chi connectivity index (χ0) is 15.1. The van der Waals surface area contributed by atoms with Gasteiger partial charge < -0.3 is 4.90 Å². The zero-order valence-corrected chi connectivity index (χ0v) is 12.9. The van der Waals surface area contributed by atoms with E-state index < -0.39 is 0 Å². The maximum Gasteiger partial charge on any atom is 0.245 e. The van der Waals surface area contributed by atoms with Gasteiger partial charge in [-0.2, -0.15) is 5.10 Å². The highest BCUT2D eigenvalue weighted by Crippen LogP contribution is 2.29. The molecule has 1 atom stereocenters. The molecule has 0 radical (unpaired) electrons. The van der Waals surface area contributed by atoms with E-state index >= 15 is 0 Å². The molecule has 0 saturated carbocycles. The van der Waals surface area contributed by atoms with Crippen molar-refractivity contribution in [1.29, 1.82) is 0 Å². The van der Waals surface area contributed by atoms with Gasteiger partial charge in [-0.05, 0) is 20.3 Å². The van der Waals surface area contributed by atoms with Crippen molar-refractivity contribution in [2.45, 2.75) is 39.8 Å². The van der Waals surface area contributed by atoms with E-state index in [1.807, 2.05) is 30.4 Å². The second-order valence-corrected chi connectivity index (χ2v) is 5.51. The molecule has 2 aromatic rings. The summed E-state index contributed by atoms with van der Waals surface area (Å²) >= 11 is 0. The second-order valence-electron chi connectivity index (χ2n) is 5.51. The van der Waals surface area contributed by atoms with Crippen molar-refractivity contribution >= 4 is 5.91 Å². The van der Waals surface area contributed by atoms with Crippen LogP contribution in [-0.4, -0.2) is 41.9 Å². The molecule has 3 rings (SSSR count). The van der Waals surface area contributed by atoms with Crippen LogP contribution in [0.25, 0.3) is 11.4 Å². The van der Waals surface area contributed by atoms with Gasteiger partial charge in [-0.25, -0.2) is 0 Å². The van der Waals surface area contributed by atoms with E-state index in [0.29, 0.717) is 6.54 Å². The summed E-state index contributed by atoms with van der Waals surface area (Å²) in [7, 11) is 1.89. The lowest BCUT2D eigenvalue weighted by atomic mass is 10.1. The summed E-state index contributed by atoms with van der Waals surface area (Å²) in [5, 5.41) is 12.8. The van der Waals surface area contributed by atoms with E-state index in [-0.39, 0.29) is 11.9 Å². The monoisotopic (exact) mass is 288 g/mol. The smallest absolute Gasteiger partial charge is 0.245 e. The van der Waals surface area contributed by atoms with E-state index in [1.165, 1.54) is 0 Å². The van der Waals surface area contributed by atoms with Crippen LogP contribution in [0.5, 0.6) is 0 Å². The largest absolute Gasteiger partial charge is 0.333 e. The number of fused-ring (bicyclic) bond motifs is 1. The van der Waals surface area contributed by atoms with Gasteiger partial charge in [0.1, 0.15) is 6.04 Å². The van der Waals surface area contributed by atoms with E-state index in [1.54, 1.807) is 10.9 Å². The van der Waals surface area contributed by atoms with Gasteiger partial charge in [0.2, 0.25) is 5.91 Å². The second kappa shape index (κ2) is 4.98. The number of nitrogens with zero attached hydrogens (tertiary/aromatic N) is 6.